The van der Waals surface area contributed by atoms with Crippen LogP contribution in [0.15, 0.2) is 12.3 Å². The van der Waals surface area contributed by atoms with Gasteiger partial charge >= 0.3 is 6.18 Å². The number of rotatable bonds is 2. The molecule has 2 aromatic rings. The Labute approximate surface area is 128 Å². The number of hydrogen-bond acceptors (Lipinski definition) is 5. The van der Waals surface area contributed by atoms with Gasteiger partial charge in [0.2, 0.25) is 0 Å². The molecular formula is C13H13F3N5O2-. The van der Waals surface area contributed by atoms with Crippen LogP contribution >= 0.6 is 0 Å². The highest BCUT2D eigenvalue weighted by Crippen LogP contribution is 2.43. The lowest BCUT2D eigenvalue weighted by atomic mass is 9.97. The normalized spacial score (nSPS) is 20.9. The first-order chi connectivity index (χ1) is 10.7. The van der Waals surface area contributed by atoms with Crippen LogP contribution < -0.4 is 10.4 Å². The lowest BCUT2D eigenvalue weighted by Gasteiger charge is -2.33. The van der Waals surface area contributed by atoms with E-state index in [0.29, 0.717) is 15.9 Å². The summed E-state index contributed by atoms with van der Waals surface area (Å²) in [6.45, 7) is 1.71. The van der Waals surface area contributed by atoms with E-state index < -0.39 is 29.9 Å². The third-order valence-electron chi connectivity index (χ3n) is 3.83. The Balaban J connectivity index is 2.05. The summed E-state index contributed by atoms with van der Waals surface area (Å²) < 4.78 is 42.2. The number of anilines is 1. The molecule has 0 aliphatic carbocycles. The molecule has 1 aliphatic rings. The highest BCUT2D eigenvalue weighted by Gasteiger charge is 2.47. The first-order valence-corrected chi connectivity index (χ1v) is 6.81. The van der Waals surface area contributed by atoms with Crippen LogP contribution in [0, 0.1) is 6.92 Å². The fourth-order valence-corrected chi connectivity index (χ4v) is 2.84. The van der Waals surface area contributed by atoms with Crippen LogP contribution in [0.25, 0.3) is 0 Å². The van der Waals surface area contributed by atoms with E-state index in [4.69, 9.17) is 0 Å². The van der Waals surface area contributed by atoms with Crippen molar-refractivity contribution in [2.75, 3.05) is 5.32 Å². The molecule has 1 aliphatic heterocycles. The molecule has 2 atom stereocenters. The van der Waals surface area contributed by atoms with E-state index in [-0.39, 0.29) is 12.2 Å². The zero-order valence-electron chi connectivity index (χ0n) is 12.3. The summed E-state index contributed by atoms with van der Waals surface area (Å²) in [5, 5.41) is 21.4. The molecular weight excluding hydrogens is 315 g/mol. The third-order valence-corrected chi connectivity index (χ3v) is 3.83. The minimum Gasteiger partial charge on any atom is -0.543 e. The summed E-state index contributed by atoms with van der Waals surface area (Å²) >= 11 is 0. The molecule has 0 spiro atoms. The van der Waals surface area contributed by atoms with E-state index in [9.17, 15) is 23.1 Å². The molecule has 3 rings (SSSR count). The second kappa shape index (κ2) is 5.00. The van der Waals surface area contributed by atoms with Crippen LogP contribution in [0.3, 0.4) is 0 Å². The van der Waals surface area contributed by atoms with Crippen molar-refractivity contribution in [3.05, 3.63) is 29.2 Å². The van der Waals surface area contributed by atoms with Gasteiger partial charge in [0.05, 0.1) is 17.7 Å². The predicted molar refractivity (Wildman–Crippen MR) is 70.6 cm³/mol. The lowest BCUT2D eigenvalue weighted by Crippen LogP contribution is -2.36. The molecule has 0 bridgehead atoms. The number of nitrogens with zero attached hydrogens (tertiary/aromatic N) is 4. The lowest BCUT2D eigenvalue weighted by molar-refractivity contribution is -0.255. The molecule has 0 unspecified atom stereocenters. The molecule has 0 fully saturated rings. The van der Waals surface area contributed by atoms with Crippen LogP contribution in [-0.4, -0.2) is 31.7 Å². The molecule has 0 aromatic carbocycles. The average molecular weight is 328 g/mol. The molecule has 0 amide bonds. The van der Waals surface area contributed by atoms with Crippen LogP contribution in [0.2, 0.25) is 0 Å². The molecule has 124 valence electrons. The number of alkyl halides is 3. The van der Waals surface area contributed by atoms with Gasteiger partial charge in [-0.25, -0.2) is 4.68 Å². The number of carboxylic acids is 1. The third kappa shape index (κ3) is 2.64. The van der Waals surface area contributed by atoms with Gasteiger partial charge in [0.25, 0.3) is 0 Å². The van der Waals surface area contributed by atoms with Crippen LogP contribution in [0.4, 0.5) is 19.0 Å². The van der Waals surface area contributed by atoms with Crippen molar-refractivity contribution in [2.24, 2.45) is 7.05 Å². The Morgan fingerprint density at radius 2 is 2.13 bits per heavy atom. The number of aryl methyl sites for hydroxylation is 2. The number of carbonyl (C=O) groups is 1. The number of aromatic nitrogens is 4. The molecule has 3 heterocycles. The number of nitrogens with one attached hydrogen (secondary N) is 1. The van der Waals surface area contributed by atoms with Gasteiger partial charge in [0.1, 0.15) is 11.5 Å². The standard InChI is InChI=1S/C13H14F3N5O2/c1-6-7(5-20(2)18-6)8-3-10(13(14,15)16)21-11(17-8)4-9(19-21)12(22)23/h4-5,8,10,17H,3H2,1-2H3,(H,22,23)/p-1/t8-,10-/m0/s1. The van der Waals surface area contributed by atoms with Crippen molar-refractivity contribution in [3.63, 3.8) is 0 Å². The van der Waals surface area contributed by atoms with Crippen molar-refractivity contribution in [3.8, 4) is 0 Å². The van der Waals surface area contributed by atoms with Crippen molar-refractivity contribution < 1.29 is 23.1 Å². The number of carboxylic acid groups (broad SMARTS) is 1. The van der Waals surface area contributed by atoms with Crippen molar-refractivity contribution in [2.45, 2.75) is 31.6 Å². The van der Waals surface area contributed by atoms with Gasteiger partial charge in [-0.1, -0.05) is 0 Å². The van der Waals surface area contributed by atoms with E-state index in [1.807, 2.05) is 0 Å². The minimum absolute atomic E-state index is 0.00831. The van der Waals surface area contributed by atoms with Gasteiger partial charge in [-0.2, -0.15) is 23.4 Å². The quantitative estimate of drug-likeness (QED) is 0.887. The number of carbonyl (C=O) groups excluding carboxylic acids is 1. The first kappa shape index (κ1) is 15.4. The average Bonchev–Trinajstić information content (AvgIpc) is 2.99. The summed E-state index contributed by atoms with van der Waals surface area (Å²) in [5.41, 5.74) is 0.702. The molecule has 1 N–H and O–H groups in total. The molecule has 0 saturated heterocycles. The Morgan fingerprint density at radius 3 is 2.65 bits per heavy atom. The van der Waals surface area contributed by atoms with Gasteiger partial charge in [0, 0.05) is 31.3 Å². The fraction of sp³-hybridized carbons (Fsp3) is 0.462. The Morgan fingerprint density at radius 1 is 1.43 bits per heavy atom. The van der Waals surface area contributed by atoms with E-state index in [1.54, 1.807) is 20.2 Å². The highest BCUT2D eigenvalue weighted by molar-refractivity contribution is 5.84. The van der Waals surface area contributed by atoms with E-state index in [1.165, 1.54) is 4.68 Å². The molecule has 2 aromatic heterocycles. The van der Waals surface area contributed by atoms with E-state index >= 15 is 0 Å². The molecule has 0 radical (unpaired) electrons. The topological polar surface area (TPSA) is 87.8 Å². The van der Waals surface area contributed by atoms with Crippen LogP contribution in [-0.2, 0) is 7.05 Å². The zero-order valence-corrected chi connectivity index (χ0v) is 12.3. The van der Waals surface area contributed by atoms with Crippen LogP contribution in [0.5, 0.6) is 0 Å². The smallest absolute Gasteiger partial charge is 0.410 e. The predicted octanol–water partition coefficient (Wildman–Crippen LogP) is 0.949. The molecule has 0 saturated carbocycles. The van der Waals surface area contributed by atoms with Crippen molar-refractivity contribution in [1.29, 1.82) is 0 Å². The number of fused-ring (bicyclic) bond motifs is 1. The number of aromatic carboxylic acids is 1. The highest BCUT2D eigenvalue weighted by atomic mass is 19.4. The van der Waals surface area contributed by atoms with Gasteiger partial charge in [-0.05, 0) is 6.92 Å². The van der Waals surface area contributed by atoms with Crippen molar-refractivity contribution >= 4 is 11.8 Å². The SMILES string of the molecule is Cc1nn(C)cc1[C@@H]1C[C@@H](C(F)(F)F)n2nc(C(=O)[O-])cc2N1. The van der Waals surface area contributed by atoms with Gasteiger partial charge < -0.3 is 15.2 Å². The fourth-order valence-electron chi connectivity index (χ4n) is 2.84. The number of halogens is 3. The summed E-state index contributed by atoms with van der Waals surface area (Å²) in [5.74, 6) is -1.63. The van der Waals surface area contributed by atoms with Gasteiger partial charge in [-0.15, -0.1) is 0 Å². The second-order valence-corrected chi connectivity index (χ2v) is 5.48. The summed E-state index contributed by atoms with van der Waals surface area (Å²) in [7, 11) is 1.68. The summed E-state index contributed by atoms with van der Waals surface area (Å²) in [6, 6.07) is -1.52. The zero-order chi connectivity index (χ0) is 16.9. The second-order valence-electron chi connectivity index (χ2n) is 5.48. The molecule has 10 heteroatoms. The largest absolute Gasteiger partial charge is 0.543 e. The van der Waals surface area contributed by atoms with Gasteiger partial charge in [0.15, 0.2) is 6.04 Å². The Bertz CT molecular complexity index is 764. The summed E-state index contributed by atoms with van der Waals surface area (Å²) in [6.07, 6.45) is -3.22. The van der Waals surface area contributed by atoms with E-state index in [2.05, 4.69) is 15.5 Å². The first-order valence-electron chi connectivity index (χ1n) is 6.81. The van der Waals surface area contributed by atoms with Gasteiger partial charge in [-0.3, -0.25) is 4.68 Å². The molecule has 23 heavy (non-hydrogen) atoms. The maximum Gasteiger partial charge on any atom is 0.410 e. The monoisotopic (exact) mass is 328 g/mol. The molecule has 7 nitrogen and oxygen atoms in total. The van der Waals surface area contributed by atoms with Crippen molar-refractivity contribution in [1.82, 2.24) is 19.6 Å². The maximum absolute atomic E-state index is 13.4. The summed E-state index contributed by atoms with van der Waals surface area (Å²) in [4.78, 5) is 10.9. The van der Waals surface area contributed by atoms with Crippen LogP contribution in [0.1, 0.15) is 40.3 Å². The Hall–Kier alpha value is -2.52. The number of hydrogen-bond donors (Lipinski definition) is 1. The minimum atomic E-state index is -4.56. The maximum atomic E-state index is 13.4. The van der Waals surface area contributed by atoms with E-state index in [0.717, 1.165) is 6.07 Å². The Kier molecular flexibility index (Phi) is 3.34.